The summed E-state index contributed by atoms with van der Waals surface area (Å²) in [4.78, 5) is 4.08. The summed E-state index contributed by atoms with van der Waals surface area (Å²) < 4.78 is 6.21. The van der Waals surface area contributed by atoms with Crippen LogP contribution in [0.3, 0.4) is 0 Å². The Hall–Kier alpha value is -0.380. The summed E-state index contributed by atoms with van der Waals surface area (Å²) in [5, 5.41) is 2.17. The minimum absolute atomic E-state index is 0.223. The van der Waals surface area contributed by atoms with Crippen LogP contribution in [0.1, 0.15) is 38.0 Å². The highest BCUT2D eigenvalue weighted by Gasteiger charge is 2.43. The normalized spacial score (nSPS) is 27.4. The van der Waals surface area contributed by atoms with Crippen LogP contribution in [0, 0.1) is 11.8 Å². The Balaban J connectivity index is 1.52. The molecule has 1 spiro atoms. The zero-order valence-corrected chi connectivity index (χ0v) is 12.9. The predicted molar refractivity (Wildman–Crippen MR) is 80.5 cm³/mol. The molecule has 2 fully saturated rings. The molecular weight excluding hydrogens is 254 g/mol. The first-order valence-corrected chi connectivity index (χ1v) is 8.44. The first-order chi connectivity index (χ1) is 9.17. The average Bonchev–Trinajstić information content (AvgIpc) is 3.03. The van der Waals surface area contributed by atoms with Gasteiger partial charge in [0.25, 0.3) is 0 Å². The Labute approximate surface area is 120 Å². The van der Waals surface area contributed by atoms with E-state index in [1.807, 2.05) is 11.3 Å². The number of thiophene rings is 1. The number of likely N-dealkylation sites (tertiary alicyclic amines) is 1. The van der Waals surface area contributed by atoms with E-state index in [1.54, 1.807) is 0 Å². The average molecular weight is 279 g/mol. The third-order valence-corrected chi connectivity index (χ3v) is 5.77. The molecule has 1 aromatic heterocycles. The van der Waals surface area contributed by atoms with Gasteiger partial charge in [0.1, 0.15) is 0 Å². The van der Waals surface area contributed by atoms with Crippen molar-refractivity contribution >= 4 is 11.3 Å². The Bertz CT molecular complexity index is 393. The van der Waals surface area contributed by atoms with E-state index in [-0.39, 0.29) is 5.60 Å². The molecule has 0 aromatic carbocycles. The van der Waals surface area contributed by atoms with E-state index >= 15 is 0 Å². The van der Waals surface area contributed by atoms with Crippen LogP contribution in [-0.2, 0) is 11.3 Å². The number of nitrogens with zero attached hydrogens (tertiary/aromatic N) is 1. The molecular formula is C16H25NOS. The van der Waals surface area contributed by atoms with E-state index in [4.69, 9.17) is 4.74 Å². The Morgan fingerprint density at radius 2 is 2.21 bits per heavy atom. The van der Waals surface area contributed by atoms with E-state index < -0.39 is 0 Å². The van der Waals surface area contributed by atoms with Crippen molar-refractivity contribution in [1.29, 1.82) is 0 Å². The molecule has 2 aliphatic rings. The lowest BCUT2D eigenvalue weighted by Crippen LogP contribution is -2.43. The van der Waals surface area contributed by atoms with Gasteiger partial charge in [-0.25, -0.2) is 0 Å². The SMILES string of the molecule is CC(C)[C@H]1COC2(CCN(Cc3cccs3)CC2)C1. The predicted octanol–water partition coefficient (Wildman–Crippen LogP) is 3.78. The fourth-order valence-corrected chi connectivity index (χ4v) is 4.14. The van der Waals surface area contributed by atoms with Gasteiger partial charge in [-0.05, 0) is 42.5 Å². The summed E-state index contributed by atoms with van der Waals surface area (Å²) in [6, 6.07) is 4.40. The number of piperidine rings is 1. The molecule has 3 heteroatoms. The molecule has 0 aliphatic carbocycles. The third kappa shape index (κ3) is 3.04. The maximum absolute atomic E-state index is 6.21. The molecule has 2 aliphatic heterocycles. The Morgan fingerprint density at radius 3 is 2.79 bits per heavy atom. The quantitative estimate of drug-likeness (QED) is 0.835. The zero-order chi connectivity index (χ0) is 13.3. The molecule has 0 unspecified atom stereocenters. The van der Waals surface area contributed by atoms with Gasteiger partial charge in [-0.15, -0.1) is 11.3 Å². The molecule has 1 atom stereocenters. The van der Waals surface area contributed by atoms with Gasteiger partial charge in [-0.3, -0.25) is 4.90 Å². The van der Waals surface area contributed by atoms with E-state index in [0.717, 1.165) is 25.0 Å². The third-order valence-electron chi connectivity index (χ3n) is 4.91. The van der Waals surface area contributed by atoms with E-state index in [2.05, 4.69) is 36.3 Å². The van der Waals surface area contributed by atoms with Crippen molar-refractivity contribution in [3.8, 4) is 0 Å². The van der Waals surface area contributed by atoms with Crippen LogP contribution in [0.15, 0.2) is 17.5 Å². The van der Waals surface area contributed by atoms with Gasteiger partial charge >= 0.3 is 0 Å². The lowest BCUT2D eigenvalue weighted by molar-refractivity contribution is -0.0450. The summed E-state index contributed by atoms with van der Waals surface area (Å²) in [6.07, 6.45) is 3.74. The van der Waals surface area contributed by atoms with Gasteiger partial charge in [0.05, 0.1) is 12.2 Å². The second-order valence-electron chi connectivity index (χ2n) is 6.56. The molecule has 19 heavy (non-hydrogen) atoms. The van der Waals surface area contributed by atoms with Gasteiger partial charge < -0.3 is 4.74 Å². The first-order valence-electron chi connectivity index (χ1n) is 7.56. The topological polar surface area (TPSA) is 12.5 Å². The highest BCUT2D eigenvalue weighted by atomic mass is 32.1. The van der Waals surface area contributed by atoms with Gasteiger partial charge in [-0.1, -0.05) is 19.9 Å². The molecule has 2 nitrogen and oxygen atoms in total. The van der Waals surface area contributed by atoms with Crippen LogP contribution in [0.2, 0.25) is 0 Å². The van der Waals surface area contributed by atoms with Crippen LogP contribution in [0.25, 0.3) is 0 Å². The van der Waals surface area contributed by atoms with Gasteiger partial charge in [0.15, 0.2) is 0 Å². The van der Waals surface area contributed by atoms with Gasteiger partial charge in [-0.2, -0.15) is 0 Å². The minimum atomic E-state index is 0.223. The molecule has 0 N–H and O–H groups in total. The Kier molecular flexibility index (Phi) is 3.97. The second-order valence-corrected chi connectivity index (χ2v) is 7.59. The van der Waals surface area contributed by atoms with Crippen molar-refractivity contribution in [3.63, 3.8) is 0 Å². The molecule has 2 saturated heterocycles. The minimum Gasteiger partial charge on any atom is -0.375 e. The van der Waals surface area contributed by atoms with Crippen molar-refractivity contribution in [3.05, 3.63) is 22.4 Å². The van der Waals surface area contributed by atoms with Crippen molar-refractivity contribution in [2.75, 3.05) is 19.7 Å². The summed E-state index contributed by atoms with van der Waals surface area (Å²) in [5.74, 6) is 1.55. The molecule has 1 aromatic rings. The standard InChI is InChI=1S/C16H25NOS/c1-13(2)14-10-16(18-12-14)5-7-17(8-6-16)11-15-4-3-9-19-15/h3-4,9,13-14H,5-8,10-12H2,1-2H3/t14-/m1/s1. The maximum Gasteiger partial charge on any atom is 0.0710 e. The summed E-state index contributed by atoms with van der Waals surface area (Å²) in [7, 11) is 0. The number of rotatable bonds is 3. The number of hydrogen-bond acceptors (Lipinski definition) is 3. The molecule has 0 bridgehead atoms. The molecule has 3 rings (SSSR count). The fourth-order valence-electron chi connectivity index (χ4n) is 3.40. The van der Waals surface area contributed by atoms with Crippen molar-refractivity contribution < 1.29 is 4.74 Å². The summed E-state index contributed by atoms with van der Waals surface area (Å²) >= 11 is 1.87. The lowest BCUT2D eigenvalue weighted by Gasteiger charge is -2.38. The first kappa shape index (κ1) is 13.6. The highest BCUT2D eigenvalue weighted by Crippen LogP contribution is 2.41. The van der Waals surface area contributed by atoms with Gasteiger partial charge in [0.2, 0.25) is 0 Å². The summed E-state index contributed by atoms with van der Waals surface area (Å²) in [5.41, 5.74) is 0.223. The van der Waals surface area contributed by atoms with Crippen LogP contribution in [-0.4, -0.2) is 30.2 Å². The van der Waals surface area contributed by atoms with E-state index in [9.17, 15) is 0 Å². The van der Waals surface area contributed by atoms with Crippen molar-refractivity contribution in [2.24, 2.45) is 11.8 Å². The maximum atomic E-state index is 6.21. The van der Waals surface area contributed by atoms with Crippen LogP contribution >= 0.6 is 11.3 Å². The van der Waals surface area contributed by atoms with Crippen molar-refractivity contribution in [2.45, 2.75) is 45.3 Å². The highest BCUT2D eigenvalue weighted by molar-refractivity contribution is 7.09. The van der Waals surface area contributed by atoms with Crippen LogP contribution in [0.4, 0.5) is 0 Å². The number of hydrogen-bond donors (Lipinski definition) is 0. The Morgan fingerprint density at radius 1 is 1.42 bits per heavy atom. The van der Waals surface area contributed by atoms with E-state index in [1.165, 1.54) is 37.2 Å². The molecule has 0 amide bonds. The van der Waals surface area contributed by atoms with E-state index in [0.29, 0.717) is 0 Å². The van der Waals surface area contributed by atoms with Gasteiger partial charge in [0, 0.05) is 24.5 Å². The lowest BCUT2D eigenvalue weighted by atomic mass is 9.82. The number of ether oxygens (including phenoxy) is 1. The van der Waals surface area contributed by atoms with Crippen LogP contribution < -0.4 is 0 Å². The molecule has 0 radical (unpaired) electrons. The molecule has 0 saturated carbocycles. The monoisotopic (exact) mass is 279 g/mol. The largest absolute Gasteiger partial charge is 0.375 e. The van der Waals surface area contributed by atoms with Crippen molar-refractivity contribution in [1.82, 2.24) is 4.90 Å². The fraction of sp³-hybridized carbons (Fsp3) is 0.750. The molecule has 3 heterocycles. The zero-order valence-electron chi connectivity index (χ0n) is 12.1. The van der Waals surface area contributed by atoms with Crippen LogP contribution in [0.5, 0.6) is 0 Å². The summed E-state index contributed by atoms with van der Waals surface area (Å²) in [6.45, 7) is 9.17. The molecule has 106 valence electrons. The second kappa shape index (κ2) is 5.55. The smallest absolute Gasteiger partial charge is 0.0710 e.